The van der Waals surface area contributed by atoms with E-state index in [1.807, 2.05) is 23.9 Å². The van der Waals surface area contributed by atoms with E-state index >= 15 is 0 Å². The third-order valence-electron chi connectivity index (χ3n) is 3.59. The van der Waals surface area contributed by atoms with Gasteiger partial charge in [-0.25, -0.2) is 4.39 Å². The summed E-state index contributed by atoms with van der Waals surface area (Å²) in [5.41, 5.74) is 1.19. The van der Waals surface area contributed by atoms with Crippen molar-refractivity contribution in [1.29, 1.82) is 0 Å². The summed E-state index contributed by atoms with van der Waals surface area (Å²) < 4.78 is 20.7. The molecule has 2 heterocycles. The molecule has 2 aromatic heterocycles. The van der Waals surface area contributed by atoms with Gasteiger partial charge in [-0.05, 0) is 31.5 Å². The van der Waals surface area contributed by atoms with E-state index < -0.39 is 0 Å². The number of rotatable bonds is 6. The van der Waals surface area contributed by atoms with Crippen molar-refractivity contribution in [2.24, 2.45) is 0 Å². The number of nitrogens with one attached hydrogen (secondary N) is 1. The van der Waals surface area contributed by atoms with E-state index in [-0.39, 0.29) is 11.9 Å². The number of halogens is 1. The summed E-state index contributed by atoms with van der Waals surface area (Å²) in [6, 6.07) is 6.69. The normalized spacial score (nSPS) is 12.5. The standard InChI is InChI=1S/C16H18FN5O/c1-11-4-5-13(10-14(11)17)15-20-16(23-21-15)12(2)18-7-9-22-8-3-6-19-22/h3-6,8,10,12,18H,7,9H2,1-2H3. The van der Waals surface area contributed by atoms with Gasteiger partial charge in [0.05, 0.1) is 12.6 Å². The molecular formula is C16H18FN5O. The molecule has 6 nitrogen and oxygen atoms in total. The van der Waals surface area contributed by atoms with Crippen molar-refractivity contribution in [2.45, 2.75) is 26.4 Å². The first kappa shape index (κ1) is 15.4. The van der Waals surface area contributed by atoms with Crippen LogP contribution in [0.25, 0.3) is 11.4 Å². The molecule has 0 amide bonds. The lowest BCUT2D eigenvalue weighted by atomic mass is 10.1. The van der Waals surface area contributed by atoms with Gasteiger partial charge >= 0.3 is 0 Å². The van der Waals surface area contributed by atoms with Crippen LogP contribution < -0.4 is 5.32 Å². The average molecular weight is 315 g/mol. The van der Waals surface area contributed by atoms with Crippen LogP contribution in [-0.4, -0.2) is 26.5 Å². The van der Waals surface area contributed by atoms with Gasteiger partial charge in [-0.2, -0.15) is 10.1 Å². The van der Waals surface area contributed by atoms with Crippen LogP contribution in [0.1, 0.15) is 24.4 Å². The van der Waals surface area contributed by atoms with Crippen molar-refractivity contribution in [3.63, 3.8) is 0 Å². The fraction of sp³-hybridized carbons (Fsp3) is 0.312. The lowest BCUT2D eigenvalue weighted by Crippen LogP contribution is -2.23. The van der Waals surface area contributed by atoms with Crippen molar-refractivity contribution < 1.29 is 8.91 Å². The van der Waals surface area contributed by atoms with E-state index in [1.54, 1.807) is 25.3 Å². The molecule has 0 saturated heterocycles. The summed E-state index contributed by atoms with van der Waals surface area (Å²) in [5, 5.41) is 11.4. The minimum absolute atomic E-state index is 0.0953. The van der Waals surface area contributed by atoms with Crippen molar-refractivity contribution in [2.75, 3.05) is 6.54 Å². The van der Waals surface area contributed by atoms with Gasteiger partial charge in [0.15, 0.2) is 0 Å². The molecule has 0 radical (unpaired) electrons. The molecule has 0 aliphatic heterocycles. The van der Waals surface area contributed by atoms with Gasteiger partial charge in [0.25, 0.3) is 0 Å². The van der Waals surface area contributed by atoms with Gasteiger partial charge in [-0.15, -0.1) is 0 Å². The molecule has 3 aromatic rings. The fourth-order valence-corrected chi connectivity index (χ4v) is 2.18. The van der Waals surface area contributed by atoms with E-state index in [0.29, 0.717) is 22.8 Å². The van der Waals surface area contributed by atoms with Gasteiger partial charge in [0, 0.05) is 24.5 Å². The molecule has 0 aliphatic rings. The average Bonchev–Trinajstić information content (AvgIpc) is 3.21. The third kappa shape index (κ3) is 3.62. The van der Waals surface area contributed by atoms with Crippen LogP contribution in [0.15, 0.2) is 41.2 Å². The molecule has 1 aromatic carbocycles. The predicted molar refractivity (Wildman–Crippen MR) is 83.1 cm³/mol. The molecule has 0 bridgehead atoms. The molecule has 0 fully saturated rings. The Labute approximate surface area is 133 Å². The summed E-state index contributed by atoms with van der Waals surface area (Å²) in [4.78, 5) is 4.34. The maximum Gasteiger partial charge on any atom is 0.243 e. The molecule has 7 heteroatoms. The van der Waals surface area contributed by atoms with Gasteiger partial charge < -0.3 is 9.84 Å². The molecule has 1 atom stereocenters. The van der Waals surface area contributed by atoms with Crippen molar-refractivity contribution >= 4 is 0 Å². The maximum atomic E-state index is 13.6. The Kier molecular flexibility index (Phi) is 4.47. The van der Waals surface area contributed by atoms with Crippen LogP contribution in [0, 0.1) is 12.7 Å². The van der Waals surface area contributed by atoms with E-state index in [0.717, 1.165) is 13.1 Å². The number of hydrogen-bond donors (Lipinski definition) is 1. The zero-order valence-electron chi connectivity index (χ0n) is 13.0. The molecule has 0 aliphatic carbocycles. The maximum absolute atomic E-state index is 13.6. The Morgan fingerprint density at radius 3 is 3.00 bits per heavy atom. The number of hydrogen-bond acceptors (Lipinski definition) is 5. The topological polar surface area (TPSA) is 68.8 Å². The molecule has 0 saturated carbocycles. The summed E-state index contributed by atoms with van der Waals surface area (Å²) in [6.45, 7) is 5.13. The van der Waals surface area contributed by atoms with Crippen LogP contribution in [0.4, 0.5) is 4.39 Å². The van der Waals surface area contributed by atoms with E-state index in [4.69, 9.17) is 4.52 Å². The lowest BCUT2D eigenvalue weighted by Gasteiger charge is -2.09. The molecule has 3 rings (SSSR count). The Bertz CT molecular complexity index is 769. The van der Waals surface area contributed by atoms with Crippen LogP contribution in [-0.2, 0) is 6.54 Å². The molecule has 23 heavy (non-hydrogen) atoms. The highest BCUT2D eigenvalue weighted by molar-refractivity contribution is 5.54. The Morgan fingerprint density at radius 2 is 2.26 bits per heavy atom. The first-order valence-electron chi connectivity index (χ1n) is 7.44. The lowest BCUT2D eigenvalue weighted by molar-refractivity contribution is 0.336. The van der Waals surface area contributed by atoms with Gasteiger partial charge in [-0.1, -0.05) is 17.3 Å². The molecule has 120 valence electrons. The zero-order valence-corrected chi connectivity index (χ0v) is 13.0. The monoisotopic (exact) mass is 315 g/mol. The second-order valence-corrected chi connectivity index (χ2v) is 5.37. The number of aromatic nitrogens is 4. The minimum atomic E-state index is -0.278. The van der Waals surface area contributed by atoms with Crippen LogP contribution in [0.3, 0.4) is 0 Å². The molecular weight excluding hydrogens is 297 g/mol. The number of nitrogens with zero attached hydrogens (tertiary/aromatic N) is 4. The van der Waals surface area contributed by atoms with E-state index in [1.165, 1.54) is 6.07 Å². The highest BCUT2D eigenvalue weighted by atomic mass is 19.1. The van der Waals surface area contributed by atoms with Crippen molar-refractivity contribution in [3.05, 3.63) is 53.9 Å². The highest BCUT2D eigenvalue weighted by Gasteiger charge is 2.15. The van der Waals surface area contributed by atoms with E-state index in [9.17, 15) is 4.39 Å². The van der Waals surface area contributed by atoms with Crippen LogP contribution in [0.2, 0.25) is 0 Å². The Hall–Kier alpha value is -2.54. The molecule has 0 spiro atoms. The SMILES string of the molecule is Cc1ccc(-c2noc(C(C)NCCn3cccn3)n2)cc1F. The summed E-state index contributed by atoms with van der Waals surface area (Å²) in [6.07, 6.45) is 3.65. The highest BCUT2D eigenvalue weighted by Crippen LogP contribution is 2.20. The van der Waals surface area contributed by atoms with Crippen LogP contribution in [0.5, 0.6) is 0 Å². The second kappa shape index (κ2) is 6.70. The first-order chi connectivity index (χ1) is 11.1. The number of aryl methyl sites for hydroxylation is 1. The van der Waals surface area contributed by atoms with Gasteiger partial charge in [0.2, 0.25) is 11.7 Å². The summed E-state index contributed by atoms with van der Waals surface area (Å²) in [5.74, 6) is 0.584. The first-order valence-corrected chi connectivity index (χ1v) is 7.44. The Balaban J connectivity index is 1.62. The Morgan fingerprint density at radius 1 is 1.39 bits per heavy atom. The van der Waals surface area contributed by atoms with E-state index in [2.05, 4.69) is 20.6 Å². The van der Waals surface area contributed by atoms with Crippen molar-refractivity contribution in [1.82, 2.24) is 25.2 Å². The largest absolute Gasteiger partial charge is 0.337 e. The smallest absolute Gasteiger partial charge is 0.243 e. The summed E-state index contributed by atoms with van der Waals surface area (Å²) >= 11 is 0. The van der Waals surface area contributed by atoms with Crippen molar-refractivity contribution in [3.8, 4) is 11.4 Å². The molecule has 1 N–H and O–H groups in total. The summed E-state index contributed by atoms with van der Waals surface area (Å²) in [7, 11) is 0. The third-order valence-corrected chi connectivity index (χ3v) is 3.59. The quantitative estimate of drug-likeness (QED) is 0.757. The van der Waals surface area contributed by atoms with Gasteiger partial charge in [-0.3, -0.25) is 4.68 Å². The number of benzene rings is 1. The van der Waals surface area contributed by atoms with Gasteiger partial charge in [0.1, 0.15) is 5.82 Å². The van der Waals surface area contributed by atoms with Crippen LogP contribution >= 0.6 is 0 Å². The zero-order chi connectivity index (χ0) is 16.2. The minimum Gasteiger partial charge on any atom is -0.337 e. The fourth-order valence-electron chi connectivity index (χ4n) is 2.18. The molecule has 1 unspecified atom stereocenters. The second-order valence-electron chi connectivity index (χ2n) is 5.37. The predicted octanol–water partition coefficient (Wildman–Crippen LogP) is 2.73.